The number of amidine groups is 1. The molecule has 6 nitrogen and oxygen atoms in total. The Balaban J connectivity index is 1.59. The molecule has 0 aliphatic carbocycles. The summed E-state index contributed by atoms with van der Waals surface area (Å²) in [4.78, 5) is 19.8. The molecule has 0 N–H and O–H groups in total. The lowest BCUT2D eigenvalue weighted by Gasteiger charge is -2.19. The Morgan fingerprint density at radius 3 is 2.58 bits per heavy atom. The molecule has 31 heavy (non-hydrogen) atoms. The number of carbonyl (C=O) groups is 1. The zero-order valence-corrected chi connectivity index (χ0v) is 17.2. The van der Waals surface area contributed by atoms with Gasteiger partial charge in [0.1, 0.15) is 17.3 Å². The Bertz CT molecular complexity index is 1230. The molecule has 5 rings (SSSR count). The molecule has 2 aliphatic rings. The lowest BCUT2D eigenvalue weighted by Crippen LogP contribution is -2.32. The third-order valence-electron chi connectivity index (χ3n) is 5.17. The van der Waals surface area contributed by atoms with Crippen LogP contribution in [0.5, 0.6) is 17.2 Å². The molecule has 0 atom stereocenters. The smallest absolute Gasteiger partial charge is 0.282 e. The van der Waals surface area contributed by atoms with Crippen molar-refractivity contribution < 1.29 is 19.0 Å². The summed E-state index contributed by atoms with van der Waals surface area (Å²) in [7, 11) is 1.62. The molecule has 6 heteroatoms. The number of methoxy groups -OCH3 is 1. The molecule has 2 aliphatic heterocycles. The first-order valence-corrected chi connectivity index (χ1v) is 9.88. The highest BCUT2D eigenvalue weighted by atomic mass is 16.7. The number of benzene rings is 3. The van der Waals surface area contributed by atoms with Crippen molar-refractivity contribution >= 4 is 23.5 Å². The number of anilines is 1. The van der Waals surface area contributed by atoms with Crippen LogP contribution in [-0.2, 0) is 4.79 Å². The van der Waals surface area contributed by atoms with E-state index in [0.717, 1.165) is 28.1 Å². The fraction of sp³-hybridized carbons (Fsp3) is 0.120. The van der Waals surface area contributed by atoms with Gasteiger partial charge in [0.05, 0.1) is 12.8 Å². The van der Waals surface area contributed by atoms with E-state index in [1.54, 1.807) is 18.1 Å². The zero-order chi connectivity index (χ0) is 21.4. The lowest BCUT2D eigenvalue weighted by atomic mass is 10.1. The van der Waals surface area contributed by atoms with Gasteiger partial charge in [0.2, 0.25) is 6.79 Å². The third kappa shape index (κ3) is 3.53. The van der Waals surface area contributed by atoms with Gasteiger partial charge in [-0.15, -0.1) is 0 Å². The SMILES string of the molecule is COc1ccc(C2=NC(=Cc3ccc4c(c3)OCO4)C(=O)N2c2cccc(C)c2)cc1. The van der Waals surface area contributed by atoms with Gasteiger partial charge in [-0.1, -0.05) is 18.2 Å². The van der Waals surface area contributed by atoms with Crippen LogP contribution in [0.2, 0.25) is 0 Å². The van der Waals surface area contributed by atoms with Crippen LogP contribution in [0.3, 0.4) is 0 Å². The van der Waals surface area contributed by atoms with Gasteiger partial charge >= 0.3 is 0 Å². The topological polar surface area (TPSA) is 60.4 Å². The maximum Gasteiger partial charge on any atom is 0.282 e. The predicted octanol–water partition coefficient (Wildman–Crippen LogP) is 4.57. The molecule has 1 amide bonds. The average Bonchev–Trinajstić information content (AvgIpc) is 3.38. The maximum atomic E-state index is 13.4. The van der Waals surface area contributed by atoms with Crippen LogP contribution in [0.15, 0.2) is 77.4 Å². The van der Waals surface area contributed by atoms with E-state index in [2.05, 4.69) is 0 Å². The molecule has 0 unspecified atom stereocenters. The van der Waals surface area contributed by atoms with Crippen molar-refractivity contribution in [1.29, 1.82) is 0 Å². The van der Waals surface area contributed by atoms with E-state index < -0.39 is 0 Å². The summed E-state index contributed by atoms with van der Waals surface area (Å²) in [5.41, 5.74) is 3.83. The highest BCUT2D eigenvalue weighted by molar-refractivity contribution is 6.33. The molecule has 0 fully saturated rings. The quantitative estimate of drug-likeness (QED) is 0.589. The molecule has 0 radical (unpaired) electrons. The summed E-state index contributed by atoms with van der Waals surface area (Å²) in [5, 5.41) is 0. The monoisotopic (exact) mass is 412 g/mol. The van der Waals surface area contributed by atoms with Gasteiger partial charge in [-0.2, -0.15) is 0 Å². The fourth-order valence-corrected chi connectivity index (χ4v) is 3.62. The normalized spacial score (nSPS) is 16.1. The van der Waals surface area contributed by atoms with Crippen molar-refractivity contribution in [1.82, 2.24) is 0 Å². The standard InChI is InChI=1S/C25H20N2O4/c1-16-4-3-5-19(12-16)27-24(18-7-9-20(29-2)10-8-18)26-21(25(27)28)13-17-6-11-22-23(14-17)31-15-30-22/h3-14H,15H2,1-2H3. The molecule has 3 aromatic rings. The second-order valence-corrected chi connectivity index (χ2v) is 7.29. The predicted molar refractivity (Wildman–Crippen MR) is 119 cm³/mol. The number of hydrogen-bond acceptors (Lipinski definition) is 5. The molecule has 0 bridgehead atoms. The van der Waals surface area contributed by atoms with Crippen LogP contribution in [0.1, 0.15) is 16.7 Å². The number of ether oxygens (including phenoxy) is 3. The number of fused-ring (bicyclic) bond motifs is 1. The lowest BCUT2D eigenvalue weighted by molar-refractivity contribution is -0.113. The van der Waals surface area contributed by atoms with Crippen molar-refractivity contribution in [2.45, 2.75) is 6.92 Å². The summed E-state index contributed by atoms with van der Waals surface area (Å²) >= 11 is 0. The first kappa shape index (κ1) is 18.9. The van der Waals surface area contributed by atoms with Crippen molar-refractivity contribution in [3.05, 3.63) is 89.1 Å². The van der Waals surface area contributed by atoms with Crippen LogP contribution in [0.25, 0.3) is 6.08 Å². The summed E-state index contributed by atoms with van der Waals surface area (Å²) in [6, 6.07) is 20.9. The van der Waals surface area contributed by atoms with E-state index in [-0.39, 0.29) is 12.7 Å². The van der Waals surface area contributed by atoms with E-state index in [1.165, 1.54) is 0 Å². The molecule has 154 valence electrons. The molecule has 0 saturated heterocycles. The van der Waals surface area contributed by atoms with Gasteiger partial charge in [-0.05, 0) is 72.7 Å². The second kappa shape index (κ2) is 7.65. The van der Waals surface area contributed by atoms with E-state index in [0.29, 0.717) is 23.0 Å². The Morgan fingerprint density at radius 2 is 1.81 bits per heavy atom. The minimum atomic E-state index is -0.186. The van der Waals surface area contributed by atoms with E-state index in [9.17, 15) is 4.79 Å². The first-order chi connectivity index (χ1) is 15.1. The van der Waals surface area contributed by atoms with Crippen LogP contribution in [0, 0.1) is 6.92 Å². The molecule has 0 aromatic heterocycles. The Morgan fingerprint density at radius 1 is 1.00 bits per heavy atom. The Kier molecular flexibility index (Phi) is 4.67. The molecule has 0 spiro atoms. The highest BCUT2D eigenvalue weighted by Gasteiger charge is 2.32. The van der Waals surface area contributed by atoms with Crippen molar-refractivity contribution in [2.24, 2.45) is 4.99 Å². The van der Waals surface area contributed by atoms with Crippen molar-refractivity contribution in [2.75, 3.05) is 18.8 Å². The number of nitrogens with zero attached hydrogens (tertiary/aromatic N) is 2. The summed E-state index contributed by atoms with van der Waals surface area (Å²) in [5.74, 6) is 2.49. The van der Waals surface area contributed by atoms with Gasteiger partial charge in [0.25, 0.3) is 5.91 Å². The minimum Gasteiger partial charge on any atom is -0.497 e. The molecule has 3 aromatic carbocycles. The van der Waals surface area contributed by atoms with Crippen LogP contribution in [-0.4, -0.2) is 25.6 Å². The van der Waals surface area contributed by atoms with Crippen molar-refractivity contribution in [3.63, 3.8) is 0 Å². The number of hydrogen-bond donors (Lipinski definition) is 0. The Hall–Kier alpha value is -4.06. The second-order valence-electron chi connectivity index (χ2n) is 7.29. The Labute approximate surface area is 180 Å². The number of rotatable bonds is 4. The van der Waals surface area contributed by atoms with Crippen LogP contribution in [0.4, 0.5) is 5.69 Å². The van der Waals surface area contributed by atoms with Gasteiger partial charge < -0.3 is 14.2 Å². The van der Waals surface area contributed by atoms with Gasteiger partial charge in [0, 0.05) is 5.56 Å². The van der Waals surface area contributed by atoms with E-state index in [1.807, 2.05) is 73.7 Å². The van der Waals surface area contributed by atoms with Gasteiger partial charge in [0.15, 0.2) is 11.5 Å². The zero-order valence-electron chi connectivity index (χ0n) is 17.2. The average molecular weight is 412 g/mol. The minimum absolute atomic E-state index is 0.186. The maximum absolute atomic E-state index is 13.4. The number of aryl methyl sites for hydroxylation is 1. The van der Waals surface area contributed by atoms with Crippen LogP contribution < -0.4 is 19.1 Å². The molecular formula is C25H20N2O4. The largest absolute Gasteiger partial charge is 0.497 e. The highest BCUT2D eigenvalue weighted by Crippen LogP contribution is 2.34. The number of carbonyl (C=O) groups excluding carboxylic acids is 1. The molecule has 0 saturated carbocycles. The van der Waals surface area contributed by atoms with E-state index >= 15 is 0 Å². The number of amides is 1. The van der Waals surface area contributed by atoms with Crippen molar-refractivity contribution in [3.8, 4) is 17.2 Å². The van der Waals surface area contributed by atoms with Gasteiger partial charge in [-0.3, -0.25) is 9.69 Å². The molecule has 2 heterocycles. The summed E-state index contributed by atoms with van der Waals surface area (Å²) in [6.07, 6.45) is 1.77. The van der Waals surface area contributed by atoms with E-state index in [4.69, 9.17) is 19.2 Å². The number of aliphatic imine (C=N–C) groups is 1. The fourth-order valence-electron chi connectivity index (χ4n) is 3.62. The molecular weight excluding hydrogens is 392 g/mol. The van der Waals surface area contributed by atoms with Gasteiger partial charge in [-0.25, -0.2) is 4.99 Å². The summed E-state index contributed by atoms with van der Waals surface area (Å²) < 4.78 is 16.1. The first-order valence-electron chi connectivity index (χ1n) is 9.88. The van der Waals surface area contributed by atoms with Crippen LogP contribution >= 0.6 is 0 Å². The third-order valence-corrected chi connectivity index (χ3v) is 5.17. The summed E-state index contributed by atoms with van der Waals surface area (Å²) in [6.45, 7) is 2.20.